The molecule has 2 N–H and O–H groups in total. The lowest BCUT2D eigenvalue weighted by molar-refractivity contribution is 0.283. The first kappa shape index (κ1) is 12.2. The van der Waals surface area contributed by atoms with E-state index in [1.807, 2.05) is 0 Å². The highest BCUT2D eigenvalue weighted by molar-refractivity contribution is 7.90. The lowest BCUT2D eigenvalue weighted by Gasteiger charge is -2.02. The van der Waals surface area contributed by atoms with Crippen molar-refractivity contribution in [1.29, 1.82) is 0 Å². The third-order valence-electron chi connectivity index (χ3n) is 1.30. The first-order valence-corrected chi connectivity index (χ1v) is 5.95. The van der Waals surface area contributed by atoms with Gasteiger partial charge < -0.3 is 5.11 Å². The second-order valence-electron chi connectivity index (χ2n) is 2.40. The van der Waals surface area contributed by atoms with Gasteiger partial charge in [-0.25, -0.2) is 13.1 Å². The van der Waals surface area contributed by atoms with Crippen LogP contribution in [0, 0.1) is 0 Å². The zero-order valence-corrected chi connectivity index (χ0v) is 8.36. The van der Waals surface area contributed by atoms with Gasteiger partial charge in [0.25, 0.3) is 0 Å². The maximum Gasteiger partial charge on any atom is 0.225 e. The summed E-state index contributed by atoms with van der Waals surface area (Å²) in [7, 11) is -3.25. The number of halogens is 1. The molecule has 0 radical (unpaired) electrons. The monoisotopic (exact) mass is 215 g/mol. The molecule has 0 aromatic carbocycles. The smallest absolute Gasteiger partial charge is 0.225 e. The highest BCUT2D eigenvalue weighted by Crippen LogP contribution is 1.94. The van der Waals surface area contributed by atoms with Gasteiger partial charge in [-0.2, -0.15) is 0 Å². The zero-order valence-electron chi connectivity index (χ0n) is 6.79. The van der Waals surface area contributed by atoms with Crippen molar-refractivity contribution in [3.63, 3.8) is 0 Å². The van der Waals surface area contributed by atoms with Crippen LogP contribution < -0.4 is 4.72 Å². The standard InChI is InChI=1S/C6H14ClNO3S/c7-6-12(10,11)8-4-2-1-3-5-9/h8-9H,1-6H2. The van der Waals surface area contributed by atoms with E-state index in [-0.39, 0.29) is 6.61 Å². The summed E-state index contributed by atoms with van der Waals surface area (Å²) >= 11 is 5.14. The minimum Gasteiger partial charge on any atom is -0.396 e. The summed E-state index contributed by atoms with van der Waals surface area (Å²) in [6.45, 7) is 0.553. The van der Waals surface area contributed by atoms with E-state index in [1.165, 1.54) is 0 Å². The Balaban J connectivity index is 3.32. The van der Waals surface area contributed by atoms with Crippen LogP contribution in [0.25, 0.3) is 0 Å². The quantitative estimate of drug-likeness (QED) is 0.473. The fourth-order valence-corrected chi connectivity index (χ4v) is 1.44. The number of hydrogen-bond acceptors (Lipinski definition) is 3. The van der Waals surface area contributed by atoms with Crippen LogP contribution in [-0.4, -0.2) is 31.9 Å². The van der Waals surface area contributed by atoms with Gasteiger partial charge in [-0.3, -0.25) is 0 Å². The van der Waals surface area contributed by atoms with Gasteiger partial charge in [-0.1, -0.05) is 0 Å². The molecule has 0 saturated heterocycles. The number of nitrogens with one attached hydrogen (secondary N) is 1. The maximum atomic E-state index is 10.7. The molecule has 0 atom stereocenters. The number of alkyl halides is 1. The number of unbranched alkanes of at least 4 members (excludes halogenated alkanes) is 2. The minimum atomic E-state index is -3.25. The molecule has 0 aliphatic heterocycles. The number of aliphatic hydroxyl groups excluding tert-OH is 1. The van der Waals surface area contributed by atoms with Crippen LogP contribution in [-0.2, 0) is 10.0 Å². The summed E-state index contributed by atoms with van der Waals surface area (Å²) in [6, 6.07) is 0. The highest BCUT2D eigenvalue weighted by Gasteiger charge is 2.05. The first-order chi connectivity index (χ1) is 5.62. The first-order valence-electron chi connectivity index (χ1n) is 3.76. The molecule has 6 heteroatoms. The molecule has 0 fully saturated rings. The van der Waals surface area contributed by atoms with Gasteiger partial charge in [0.2, 0.25) is 10.0 Å². The second kappa shape index (κ2) is 6.65. The molecule has 0 amide bonds. The lowest BCUT2D eigenvalue weighted by atomic mass is 10.2. The molecule has 0 saturated carbocycles. The molecule has 74 valence electrons. The predicted octanol–water partition coefficient (Wildman–Crippen LogP) is 0.265. The minimum absolute atomic E-state index is 0.155. The van der Waals surface area contributed by atoms with Crippen LogP contribution in [0.1, 0.15) is 19.3 Å². The zero-order chi connectivity index (χ0) is 9.45. The molecular formula is C6H14ClNO3S. The van der Waals surface area contributed by atoms with E-state index in [4.69, 9.17) is 16.7 Å². The summed E-state index contributed by atoms with van der Waals surface area (Å²) in [6.07, 6.45) is 2.26. The second-order valence-corrected chi connectivity index (χ2v) is 4.79. The molecule has 0 aliphatic rings. The molecule has 0 aromatic heterocycles. The van der Waals surface area contributed by atoms with E-state index in [9.17, 15) is 8.42 Å². The maximum absolute atomic E-state index is 10.7. The van der Waals surface area contributed by atoms with E-state index in [1.54, 1.807) is 0 Å². The van der Waals surface area contributed by atoms with Crippen molar-refractivity contribution in [3.8, 4) is 0 Å². The van der Waals surface area contributed by atoms with Gasteiger partial charge in [-0.15, -0.1) is 11.6 Å². The Morgan fingerprint density at radius 1 is 1.25 bits per heavy atom. The summed E-state index contributed by atoms with van der Waals surface area (Å²) in [5, 5.41) is 8.02. The van der Waals surface area contributed by atoms with Crippen molar-refractivity contribution in [2.24, 2.45) is 0 Å². The summed E-state index contributed by atoms with van der Waals surface area (Å²) in [5.74, 6) is 0. The van der Waals surface area contributed by atoms with Gasteiger partial charge in [-0.05, 0) is 19.3 Å². The summed E-state index contributed by atoms with van der Waals surface area (Å²) < 4.78 is 23.8. The van der Waals surface area contributed by atoms with Crippen LogP contribution >= 0.6 is 11.6 Å². The Hall–Kier alpha value is 0.160. The number of hydrogen-bond donors (Lipinski definition) is 2. The van der Waals surface area contributed by atoms with Crippen LogP contribution in [0.4, 0.5) is 0 Å². The fourth-order valence-electron chi connectivity index (χ4n) is 0.680. The lowest BCUT2D eigenvalue weighted by Crippen LogP contribution is -2.25. The molecule has 0 rings (SSSR count). The summed E-state index contributed by atoms with van der Waals surface area (Å²) in [4.78, 5) is 0. The van der Waals surface area contributed by atoms with Gasteiger partial charge in [0, 0.05) is 13.2 Å². The van der Waals surface area contributed by atoms with Gasteiger partial charge >= 0.3 is 0 Å². The largest absolute Gasteiger partial charge is 0.396 e. The highest BCUT2D eigenvalue weighted by atomic mass is 35.5. The third-order valence-corrected chi connectivity index (χ3v) is 3.09. The normalized spacial score (nSPS) is 11.8. The average Bonchev–Trinajstić information content (AvgIpc) is 2.04. The Morgan fingerprint density at radius 2 is 1.92 bits per heavy atom. The van der Waals surface area contributed by atoms with Crippen LogP contribution in [0.5, 0.6) is 0 Å². The fraction of sp³-hybridized carbons (Fsp3) is 1.00. The van der Waals surface area contributed by atoms with Crippen molar-refractivity contribution in [1.82, 2.24) is 4.72 Å². The van der Waals surface area contributed by atoms with Gasteiger partial charge in [0.1, 0.15) is 5.21 Å². The van der Waals surface area contributed by atoms with Crippen LogP contribution in [0.2, 0.25) is 0 Å². The van der Waals surface area contributed by atoms with Crippen molar-refractivity contribution in [2.45, 2.75) is 19.3 Å². The molecule has 0 heterocycles. The summed E-state index contributed by atoms with van der Waals surface area (Å²) in [5.41, 5.74) is 0. The Bertz CT molecular complexity index is 193. The number of rotatable bonds is 7. The van der Waals surface area contributed by atoms with E-state index >= 15 is 0 Å². The SMILES string of the molecule is O=S(=O)(CCl)NCCCCCO. The van der Waals surface area contributed by atoms with E-state index < -0.39 is 15.2 Å². The van der Waals surface area contributed by atoms with Crippen molar-refractivity contribution < 1.29 is 13.5 Å². The molecule has 0 unspecified atom stereocenters. The van der Waals surface area contributed by atoms with Gasteiger partial charge in [0.05, 0.1) is 0 Å². The van der Waals surface area contributed by atoms with Crippen LogP contribution in [0.3, 0.4) is 0 Å². The molecule has 4 nitrogen and oxygen atoms in total. The van der Waals surface area contributed by atoms with Crippen LogP contribution in [0.15, 0.2) is 0 Å². The molecule has 0 bridgehead atoms. The predicted molar refractivity (Wildman–Crippen MR) is 48.6 cm³/mol. The molecule has 0 aliphatic carbocycles. The Morgan fingerprint density at radius 3 is 2.42 bits per heavy atom. The van der Waals surface area contributed by atoms with E-state index in [2.05, 4.69) is 4.72 Å². The molecule has 12 heavy (non-hydrogen) atoms. The molecule has 0 aromatic rings. The molecule has 0 spiro atoms. The van der Waals surface area contributed by atoms with Crippen molar-refractivity contribution in [3.05, 3.63) is 0 Å². The topological polar surface area (TPSA) is 66.4 Å². The third kappa shape index (κ3) is 6.84. The number of sulfonamides is 1. The Labute approximate surface area is 78.0 Å². The van der Waals surface area contributed by atoms with Crippen molar-refractivity contribution >= 4 is 21.6 Å². The van der Waals surface area contributed by atoms with Crippen molar-refractivity contribution in [2.75, 3.05) is 18.4 Å². The van der Waals surface area contributed by atoms with Gasteiger partial charge in [0.15, 0.2) is 0 Å². The average molecular weight is 216 g/mol. The van der Waals surface area contributed by atoms with E-state index in [0.717, 1.165) is 12.8 Å². The van der Waals surface area contributed by atoms with E-state index in [0.29, 0.717) is 13.0 Å². The number of aliphatic hydroxyl groups is 1. The molecular weight excluding hydrogens is 202 g/mol. The Kier molecular flexibility index (Phi) is 6.74.